The van der Waals surface area contributed by atoms with E-state index in [1.165, 1.54) is 25.1 Å². The van der Waals surface area contributed by atoms with Crippen LogP contribution >= 0.6 is 23.2 Å². The van der Waals surface area contributed by atoms with Crippen LogP contribution in [0.3, 0.4) is 0 Å². The van der Waals surface area contributed by atoms with Crippen LogP contribution < -0.4 is 0 Å². The second-order valence-corrected chi connectivity index (χ2v) is 6.42. The Balaban J connectivity index is 1.82. The topological polar surface area (TPSA) is 15.6 Å². The standard InChI is InChI=1S/C14H14Cl2N2/c15-9-5-12(16)11-7-18-10-2-1-8(3-10)4-14(18)17-13(11)6-9/h5-6,8,10H,1-4,7H2. The van der Waals surface area contributed by atoms with Crippen LogP contribution in [-0.4, -0.2) is 16.8 Å². The number of halogens is 2. The molecule has 2 atom stereocenters. The van der Waals surface area contributed by atoms with E-state index in [0.717, 1.165) is 35.2 Å². The fraction of sp³-hybridized carbons (Fsp3) is 0.500. The number of aliphatic imine (C=N–C) groups is 1. The first-order valence-electron chi connectivity index (χ1n) is 6.53. The second-order valence-electron chi connectivity index (χ2n) is 5.58. The summed E-state index contributed by atoms with van der Waals surface area (Å²) in [6, 6.07) is 4.44. The highest BCUT2D eigenvalue weighted by molar-refractivity contribution is 6.35. The first-order valence-corrected chi connectivity index (χ1v) is 7.28. The molecule has 2 bridgehead atoms. The van der Waals surface area contributed by atoms with Crippen molar-refractivity contribution in [3.63, 3.8) is 0 Å². The van der Waals surface area contributed by atoms with E-state index in [4.69, 9.17) is 28.2 Å². The van der Waals surface area contributed by atoms with Gasteiger partial charge in [0.2, 0.25) is 0 Å². The molecule has 18 heavy (non-hydrogen) atoms. The van der Waals surface area contributed by atoms with Crippen LogP contribution in [0.2, 0.25) is 10.0 Å². The van der Waals surface area contributed by atoms with Gasteiger partial charge in [0.05, 0.1) is 5.69 Å². The monoisotopic (exact) mass is 280 g/mol. The summed E-state index contributed by atoms with van der Waals surface area (Å²) in [6.45, 7) is 0.904. The number of fused-ring (bicyclic) bond motifs is 5. The lowest BCUT2D eigenvalue weighted by atomic mass is 9.96. The van der Waals surface area contributed by atoms with Gasteiger partial charge < -0.3 is 4.90 Å². The SMILES string of the molecule is Clc1cc(Cl)c2c(c1)N=C1CC3CCC(C3)N1C2. The van der Waals surface area contributed by atoms with Gasteiger partial charge >= 0.3 is 0 Å². The van der Waals surface area contributed by atoms with Crippen LogP contribution in [0.25, 0.3) is 0 Å². The predicted octanol–water partition coefficient (Wildman–Crippen LogP) is 4.41. The molecule has 1 saturated carbocycles. The van der Waals surface area contributed by atoms with Gasteiger partial charge in [-0.1, -0.05) is 23.2 Å². The summed E-state index contributed by atoms with van der Waals surface area (Å²) in [5.74, 6) is 2.10. The molecule has 4 heteroatoms. The van der Waals surface area contributed by atoms with Crippen molar-refractivity contribution in [2.45, 2.75) is 38.3 Å². The third-order valence-corrected chi connectivity index (χ3v) is 5.03. The van der Waals surface area contributed by atoms with Gasteiger partial charge in [0, 0.05) is 34.6 Å². The molecule has 1 aromatic rings. The molecule has 2 unspecified atom stereocenters. The summed E-state index contributed by atoms with van der Waals surface area (Å²) >= 11 is 12.4. The molecular weight excluding hydrogens is 267 g/mol. The zero-order valence-corrected chi connectivity index (χ0v) is 11.5. The molecule has 0 amide bonds. The van der Waals surface area contributed by atoms with E-state index in [-0.39, 0.29) is 0 Å². The quantitative estimate of drug-likeness (QED) is 0.687. The van der Waals surface area contributed by atoms with E-state index in [1.807, 2.05) is 12.1 Å². The fourth-order valence-corrected chi connectivity index (χ4v) is 4.13. The van der Waals surface area contributed by atoms with Gasteiger partial charge in [0.15, 0.2) is 0 Å². The molecular formula is C14H14Cl2N2. The average molecular weight is 281 g/mol. The van der Waals surface area contributed by atoms with Gasteiger partial charge in [-0.25, -0.2) is 4.99 Å². The van der Waals surface area contributed by atoms with Gasteiger partial charge in [-0.3, -0.25) is 0 Å². The van der Waals surface area contributed by atoms with Crippen molar-refractivity contribution in [2.24, 2.45) is 10.9 Å². The summed E-state index contributed by atoms with van der Waals surface area (Å²) in [5.41, 5.74) is 2.11. The molecule has 3 aliphatic rings. The molecule has 4 rings (SSSR count). The Labute approximate surface area is 117 Å². The average Bonchev–Trinajstić information content (AvgIpc) is 2.70. The minimum absolute atomic E-state index is 0.676. The molecule has 2 nitrogen and oxygen atoms in total. The van der Waals surface area contributed by atoms with Gasteiger partial charge in [-0.05, 0) is 37.3 Å². The lowest BCUT2D eigenvalue weighted by Gasteiger charge is -2.39. The van der Waals surface area contributed by atoms with Crippen molar-refractivity contribution in [3.8, 4) is 0 Å². The third kappa shape index (κ3) is 1.59. The van der Waals surface area contributed by atoms with Crippen molar-refractivity contribution in [3.05, 3.63) is 27.7 Å². The minimum atomic E-state index is 0.676. The van der Waals surface area contributed by atoms with Crippen LogP contribution in [0.4, 0.5) is 5.69 Å². The molecule has 0 spiro atoms. The molecule has 2 heterocycles. The van der Waals surface area contributed by atoms with Crippen LogP contribution in [0.15, 0.2) is 17.1 Å². The maximum Gasteiger partial charge on any atom is 0.106 e. The fourth-order valence-electron chi connectivity index (χ4n) is 3.59. The zero-order chi connectivity index (χ0) is 12.3. The van der Waals surface area contributed by atoms with E-state index in [2.05, 4.69) is 4.90 Å². The van der Waals surface area contributed by atoms with Crippen molar-refractivity contribution in [1.29, 1.82) is 0 Å². The van der Waals surface area contributed by atoms with Crippen molar-refractivity contribution < 1.29 is 0 Å². The number of rotatable bonds is 0. The Morgan fingerprint density at radius 1 is 1.22 bits per heavy atom. The summed E-state index contributed by atoms with van der Waals surface area (Å²) in [7, 11) is 0. The van der Waals surface area contributed by atoms with Crippen LogP contribution in [0, 0.1) is 5.92 Å². The maximum atomic E-state index is 6.30. The first-order chi connectivity index (χ1) is 8.70. The molecule has 94 valence electrons. The minimum Gasteiger partial charge on any atom is -0.353 e. The molecule has 1 saturated heterocycles. The number of benzene rings is 1. The van der Waals surface area contributed by atoms with E-state index >= 15 is 0 Å². The first kappa shape index (κ1) is 11.1. The Hall–Kier alpha value is -0.730. The molecule has 1 aliphatic carbocycles. The highest BCUT2D eigenvalue weighted by Crippen LogP contribution is 2.43. The summed E-state index contributed by atoms with van der Waals surface area (Å²) in [5, 5.41) is 1.43. The Morgan fingerprint density at radius 3 is 3.00 bits per heavy atom. The van der Waals surface area contributed by atoms with Gasteiger partial charge in [0.1, 0.15) is 5.84 Å². The van der Waals surface area contributed by atoms with Crippen molar-refractivity contribution >= 4 is 34.7 Å². The zero-order valence-electron chi connectivity index (χ0n) is 10.00. The summed E-state index contributed by atoms with van der Waals surface area (Å²) in [4.78, 5) is 7.27. The van der Waals surface area contributed by atoms with Gasteiger partial charge in [0.25, 0.3) is 0 Å². The van der Waals surface area contributed by atoms with Crippen LogP contribution in [0.1, 0.15) is 31.2 Å². The Morgan fingerprint density at radius 2 is 2.11 bits per heavy atom. The predicted molar refractivity (Wildman–Crippen MR) is 74.8 cm³/mol. The Bertz CT molecular complexity index is 553. The third-order valence-electron chi connectivity index (χ3n) is 4.47. The van der Waals surface area contributed by atoms with E-state index in [0.29, 0.717) is 11.1 Å². The molecule has 2 fully saturated rings. The smallest absolute Gasteiger partial charge is 0.106 e. The number of piperidine rings is 1. The maximum absolute atomic E-state index is 6.30. The van der Waals surface area contributed by atoms with Gasteiger partial charge in [-0.15, -0.1) is 0 Å². The number of amidine groups is 1. The number of hydrogen-bond acceptors (Lipinski definition) is 2. The van der Waals surface area contributed by atoms with Crippen LogP contribution in [-0.2, 0) is 6.54 Å². The lowest BCUT2D eigenvalue weighted by Crippen LogP contribution is -2.43. The van der Waals surface area contributed by atoms with Gasteiger partial charge in [-0.2, -0.15) is 0 Å². The van der Waals surface area contributed by atoms with E-state index < -0.39 is 0 Å². The lowest BCUT2D eigenvalue weighted by molar-refractivity contribution is 0.266. The largest absolute Gasteiger partial charge is 0.353 e. The highest BCUT2D eigenvalue weighted by atomic mass is 35.5. The number of nitrogens with zero attached hydrogens (tertiary/aromatic N) is 2. The summed E-state index contributed by atoms with van der Waals surface area (Å²) < 4.78 is 0. The highest BCUT2D eigenvalue weighted by Gasteiger charge is 2.39. The van der Waals surface area contributed by atoms with Crippen LogP contribution in [0.5, 0.6) is 0 Å². The molecule has 2 aliphatic heterocycles. The Kier molecular flexibility index (Phi) is 2.40. The molecule has 0 aromatic heterocycles. The normalized spacial score (nSPS) is 28.8. The van der Waals surface area contributed by atoms with E-state index in [9.17, 15) is 0 Å². The molecule has 0 radical (unpaired) electrons. The van der Waals surface area contributed by atoms with E-state index in [1.54, 1.807) is 0 Å². The number of hydrogen-bond donors (Lipinski definition) is 0. The molecule has 1 aromatic carbocycles. The van der Waals surface area contributed by atoms with Crippen molar-refractivity contribution in [1.82, 2.24) is 4.90 Å². The molecule has 0 N–H and O–H groups in total. The summed E-state index contributed by atoms with van der Waals surface area (Å²) in [6.07, 6.45) is 5.12. The van der Waals surface area contributed by atoms with Crippen molar-refractivity contribution in [2.75, 3.05) is 0 Å². The second kappa shape index (κ2) is 3.88.